The standard InChI is InChI=1S/C15H15NO4/c1-4-5-11-6-10(8-13(19-3)14(11)17)7-12-9(2)16-20-15(12)18/h4,6-8,17H,1,5H2,2-3H3/b12-7-. The minimum Gasteiger partial charge on any atom is -0.504 e. The number of hydrogen-bond donors (Lipinski definition) is 1. The van der Waals surface area contributed by atoms with E-state index in [1.54, 1.807) is 31.2 Å². The van der Waals surface area contributed by atoms with Gasteiger partial charge in [0.05, 0.1) is 18.4 Å². The normalized spacial score (nSPS) is 16.0. The second-order valence-electron chi connectivity index (χ2n) is 4.34. The molecule has 0 fully saturated rings. The van der Waals surface area contributed by atoms with E-state index in [1.165, 1.54) is 7.11 Å². The van der Waals surface area contributed by atoms with Crippen LogP contribution in [0.5, 0.6) is 11.5 Å². The molecule has 1 aliphatic rings. The number of phenols is 1. The number of allylic oxidation sites excluding steroid dienone is 1. The van der Waals surface area contributed by atoms with E-state index >= 15 is 0 Å². The summed E-state index contributed by atoms with van der Waals surface area (Å²) in [7, 11) is 1.47. The molecule has 0 saturated carbocycles. The summed E-state index contributed by atoms with van der Waals surface area (Å²) in [6.45, 7) is 5.34. The highest BCUT2D eigenvalue weighted by molar-refractivity contribution is 6.24. The van der Waals surface area contributed by atoms with E-state index in [0.29, 0.717) is 29.0 Å². The van der Waals surface area contributed by atoms with Crippen molar-refractivity contribution in [3.63, 3.8) is 0 Å². The molecule has 5 nitrogen and oxygen atoms in total. The van der Waals surface area contributed by atoms with E-state index in [1.807, 2.05) is 0 Å². The molecular weight excluding hydrogens is 258 g/mol. The maximum absolute atomic E-state index is 11.5. The molecule has 20 heavy (non-hydrogen) atoms. The Hall–Kier alpha value is -2.56. The van der Waals surface area contributed by atoms with E-state index < -0.39 is 5.97 Å². The lowest BCUT2D eigenvalue weighted by Gasteiger charge is -2.09. The molecule has 0 aliphatic carbocycles. The Labute approximate surface area is 116 Å². The van der Waals surface area contributed by atoms with Gasteiger partial charge < -0.3 is 14.7 Å². The number of carbonyl (C=O) groups is 1. The van der Waals surface area contributed by atoms with Crippen LogP contribution < -0.4 is 4.74 Å². The number of hydrogen-bond acceptors (Lipinski definition) is 5. The maximum atomic E-state index is 11.5. The summed E-state index contributed by atoms with van der Waals surface area (Å²) in [6.07, 6.45) is 3.83. The summed E-state index contributed by atoms with van der Waals surface area (Å²) in [6, 6.07) is 3.42. The second kappa shape index (κ2) is 5.61. The van der Waals surface area contributed by atoms with E-state index in [2.05, 4.69) is 16.6 Å². The molecule has 0 amide bonds. The van der Waals surface area contributed by atoms with Gasteiger partial charge in [-0.25, -0.2) is 4.79 Å². The van der Waals surface area contributed by atoms with E-state index in [9.17, 15) is 9.90 Å². The van der Waals surface area contributed by atoms with Gasteiger partial charge in [0.1, 0.15) is 0 Å². The zero-order valence-electron chi connectivity index (χ0n) is 11.3. The molecule has 5 heteroatoms. The summed E-state index contributed by atoms with van der Waals surface area (Å²) in [5.74, 6) is -0.0640. The molecule has 1 heterocycles. The van der Waals surface area contributed by atoms with Crippen LogP contribution >= 0.6 is 0 Å². The van der Waals surface area contributed by atoms with Gasteiger partial charge in [-0.2, -0.15) is 0 Å². The van der Waals surface area contributed by atoms with Gasteiger partial charge in [-0.05, 0) is 37.1 Å². The molecule has 1 aromatic rings. The Bertz CT molecular complexity index is 629. The lowest BCUT2D eigenvalue weighted by molar-refractivity contribution is -0.136. The van der Waals surface area contributed by atoms with Crippen molar-refractivity contribution in [2.24, 2.45) is 5.16 Å². The van der Waals surface area contributed by atoms with Crippen molar-refractivity contribution in [3.05, 3.63) is 41.5 Å². The van der Waals surface area contributed by atoms with Crippen LogP contribution in [0.15, 0.2) is 35.5 Å². The zero-order valence-corrected chi connectivity index (χ0v) is 11.3. The minimum absolute atomic E-state index is 0.0777. The van der Waals surface area contributed by atoms with Crippen LogP contribution in [0.1, 0.15) is 18.1 Å². The summed E-state index contributed by atoms with van der Waals surface area (Å²) in [5.41, 5.74) is 2.31. The van der Waals surface area contributed by atoms with Gasteiger partial charge in [0, 0.05) is 5.56 Å². The van der Waals surface area contributed by atoms with Crippen LogP contribution in [0.4, 0.5) is 0 Å². The SMILES string of the molecule is C=CCc1cc(/C=C2\C(=O)ON=C2C)cc(OC)c1O. The van der Waals surface area contributed by atoms with Gasteiger partial charge in [-0.15, -0.1) is 6.58 Å². The fourth-order valence-electron chi connectivity index (χ4n) is 1.93. The molecule has 0 spiro atoms. The van der Waals surface area contributed by atoms with E-state index in [0.717, 1.165) is 5.56 Å². The van der Waals surface area contributed by atoms with Crippen molar-refractivity contribution in [2.75, 3.05) is 7.11 Å². The molecule has 0 unspecified atom stereocenters. The summed E-state index contributed by atoms with van der Waals surface area (Å²) < 4.78 is 5.13. The monoisotopic (exact) mass is 273 g/mol. The third-order valence-electron chi connectivity index (χ3n) is 2.95. The van der Waals surface area contributed by atoms with Crippen molar-refractivity contribution < 1.29 is 19.5 Å². The first-order chi connectivity index (χ1) is 9.56. The number of rotatable bonds is 4. The molecule has 0 saturated heterocycles. The van der Waals surface area contributed by atoms with Crippen LogP contribution in [0.25, 0.3) is 6.08 Å². The van der Waals surface area contributed by atoms with Gasteiger partial charge in [-0.3, -0.25) is 0 Å². The Morgan fingerprint density at radius 1 is 1.50 bits per heavy atom. The lowest BCUT2D eigenvalue weighted by atomic mass is 10.0. The van der Waals surface area contributed by atoms with Gasteiger partial charge in [0.25, 0.3) is 0 Å². The van der Waals surface area contributed by atoms with Crippen LogP contribution in [0.3, 0.4) is 0 Å². The number of methoxy groups -OCH3 is 1. The molecule has 0 bridgehead atoms. The molecule has 0 aromatic heterocycles. The second-order valence-corrected chi connectivity index (χ2v) is 4.34. The number of oxime groups is 1. The smallest absolute Gasteiger partial charge is 0.367 e. The zero-order chi connectivity index (χ0) is 14.7. The van der Waals surface area contributed by atoms with Crippen LogP contribution in [0, 0.1) is 0 Å². The van der Waals surface area contributed by atoms with Crippen molar-refractivity contribution in [3.8, 4) is 11.5 Å². The maximum Gasteiger partial charge on any atom is 0.367 e. The average Bonchev–Trinajstić information content (AvgIpc) is 2.74. The summed E-state index contributed by atoms with van der Waals surface area (Å²) in [4.78, 5) is 16.1. The number of ether oxygens (including phenoxy) is 1. The Kier molecular flexibility index (Phi) is 3.89. The highest BCUT2D eigenvalue weighted by atomic mass is 16.7. The number of benzene rings is 1. The molecule has 1 N–H and O–H groups in total. The molecule has 0 atom stereocenters. The van der Waals surface area contributed by atoms with Crippen molar-refractivity contribution in [1.29, 1.82) is 0 Å². The van der Waals surface area contributed by atoms with E-state index in [4.69, 9.17) is 4.74 Å². The molecular formula is C15H15NO4. The largest absolute Gasteiger partial charge is 0.504 e. The predicted octanol–water partition coefficient (Wildman–Crippen LogP) is 2.45. The predicted molar refractivity (Wildman–Crippen MR) is 75.7 cm³/mol. The first kappa shape index (κ1) is 13.9. The van der Waals surface area contributed by atoms with Gasteiger partial charge in [0.15, 0.2) is 11.5 Å². The van der Waals surface area contributed by atoms with Crippen molar-refractivity contribution in [1.82, 2.24) is 0 Å². The lowest BCUT2D eigenvalue weighted by Crippen LogP contribution is -2.02. The fraction of sp³-hybridized carbons (Fsp3) is 0.200. The minimum atomic E-state index is -0.486. The summed E-state index contributed by atoms with van der Waals surface area (Å²) >= 11 is 0. The van der Waals surface area contributed by atoms with E-state index in [-0.39, 0.29) is 5.75 Å². The highest BCUT2D eigenvalue weighted by Gasteiger charge is 2.22. The topological polar surface area (TPSA) is 68.1 Å². The number of phenolic OH excluding ortho intramolecular Hbond substituents is 1. The third kappa shape index (κ3) is 2.56. The molecule has 2 rings (SSSR count). The van der Waals surface area contributed by atoms with Gasteiger partial charge >= 0.3 is 5.97 Å². The number of carbonyl (C=O) groups excluding carboxylic acids is 1. The quantitative estimate of drug-likeness (QED) is 0.520. The first-order valence-electron chi connectivity index (χ1n) is 6.05. The molecule has 1 aliphatic heterocycles. The third-order valence-corrected chi connectivity index (χ3v) is 2.95. The molecule has 0 radical (unpaired) electrons. The average molecular weight is 273 g/mol. The van der Waals surface area contributed by atoms with Gasteiger partial charge in [0.2, 0.25) is 0 Å². The van der Waals surface area contributed by atoms with Crippen molar-refractivity contribution >= 4 is 17.8 Å². The van der Waals surface area contributed by atoms with Gasteiger partial charge in [-0.1, -0.05) is 11.2 Å². The summed E-state index contributed by atoms with van der Waals surface area (Å²) in [5, 5.41) is 13.6. The first-order valence-corrected chi connectivity index (χ1v) is 6.05. The molecule has 104 valence electrons. The van der Waals surface area contributed by atoms with Crippen LogP contribution in [0.2, 0.25) is 0 Å². The number of aromatic hydroxyl groups is 1. The highest BCUT2D eigenvalue weighted by Crippen LogP contribution is 2.33. The number of nitrogens with zero attached hydrogens (tertiary/aromatic N) is 1. The molecule has 1 aromatic carbocycles. The fourth-order valence-corrected chi connectivity index (χ4v) is 1.93. The Morgan fingerprint density at radius 3 is 2.80 bits per heavy atom. The Balaban J connectivity index is 2.49. The van der Waals surface area contributed by atoms with Crippen LogP contribution in [-0.2, 0) is 16.1 Å². The Morgan fingerprint density at radius 2 is 2.25 bits per heavy atom. The van der Waals surface area contributed by atoms with Crippen molar-refractivity contribution in [2.45, 2.75) is 13.3 Å². The van der Waals surface area contributed by atoms with Crippen LogP contribution in [-0.4, -0.2) is 23.9 Å².